The smallest absolute Gasteiger partial charge is 0.391 e. The summed E-state index contributed by atoms with van der Waals surface area (Å²) in [4.78, 5) is 22.3. The fraction of sp³-hybridized carbons (Fsp3) is 0.364. The third-order valence-corrected chi connectivity index (χ3v) is 5.11. The second-order valence-corrected chi connectivity index (χ2v) is 9.74. The molecule has 4 N–H and O–H groups in total. The summed E-state index contributed by atoms with van der Waals surface area (Å²) < 4.78 is 17.2. The van der Waals surface area contributed by atoms with Gasteiger partial charge in [-0.1, -0.05) is 32.1 Å². The first kappa shape index (κ1) is 15.6. The van der Waals surface area contributed by atoms with Crippen LogP contribution < -0.4 is 11.2 Å². The van der Waals surface area contributed by atoms with Gasteiger partial charge in [0.1, 0.15) is 5.69 Å². The summed E-state index contributed by atoms with van der Waals surface area (Å²) in [7, 11) is -4.40. The highest BCUT2D eigenvalue weighted by Crippen LogP contribution is 2.44. The highest BCUT2D eigenvalue weighted by atomic mass is 32.2. The first-order chi connectivity index (χ1) is 9.06. The van der Waals surface area contributed by atoms with Crippen LogP contribution in [0.4, 0.5) is 5.13 Å². The predicted octanol–water partition coefficient (Wildman–Crippen LogP) is 2.68. The first-order valence-corrected chi connectivity index (χ1v) is 8.92. The van der Waals surface area contributed by atoms with E-state index in [9.17, 15) is 4.57 Å². The Morgan fingerprint density at radius 1 is 1.40 bits per heavy atom. The van der Waals surface area contributed by atoms with Crippen LogP contribution in [0.15, 0.2) is 20.8 Å². The van der Waals surface area contributed by atoms with Crippen LogP contribution in [-0.2, 0) is 4.57 Å². The van der Waals surface area contributed by atoms with Gasteiger partial charge in [-0.05, 0) is 12.1 Å². The van der Waals surface area contributed by atoms with E-state index in [0.29, 0.717) is 16.6 Å². The van der Waals surface area contributed by atoms with Gasteiger partial charge < -0.3 is 19.9 Å². The molecule has 2 aromatic rings. The second-order valence-electron chi connectivity index (χ2n) is 5.08. The average molecular weight is 334 g/mol. The van der Waals surface area contributed by atoms with Crippen LogP contribution in [0, 0.1) is 0 Å². The number of hydrogen-bond acceptors (Lipinski definition) is 6. The van der Waals surface area contributed by atoms with Gasteiger partial charge in [-0.2, -0.15) is 0 Å². The van der Waals surface area contributed by atoms with Crippen molar-refractivity contribution in [3.63, 3.8) is 0 Å². The van der Waals surface area contributed by atoms with Crippen LogP contribution >= 0.6 is 30.7 Å². The van der Waals surface area contributed by atoms with Crippen molar-refractivity contribution < 1.29 is 18.8 Å². The molecule has 0 unspecified atom stereocenters. The Bertz CT molecular complexity index is 668. The summed E-state index contributed by atoms with van der Waals surface area (Å²) in [6, 6.07) is 2.76. The van der Waals surface area contributed by atoms with E-state index in [-0.39, 0.29) is 10.2 Å². The number of rotatable bonds is 3. The lowest BCUT2D eigenvalue weighted by Crippen LogP contribution is -2.06. The van der Waals surface area contributed by atoms with Crippen molar-refractivity contribution in [2.45, 2.75) is 29.7 Å². The Balaban J connectivity index is 2.43. The van der Waals surface area contributed by atoms with Crippen molar-refractivity contribution in [2.24, 2.45) is 0 Å². The Hall–Kier alpha value is -0.790. The van der Waals surface area contributed by atoms with Gasteiger partial charge in [-0.25, -0.2) is 4.98 Å². The van der Waals surface area contributed by atoms with Crippen LogP contribution in [0.2, 0.25) is 0 Å². The zero-order valence-corrected chi connectivity index (χ0v) is 13.7. The number of nitrogens with zero attached hydrogens (tertiary/aromatic N) is 1. The number of thioether (sulfide) groups is 1. The molecule has 0 aromatic carbocycles. The summed E-state index contributed by atoms with van der Waals surface area (Å²) in [5.41, 5.74) is 5.88. The molecule has 20 heavy (non-hydrogen) atoms. The van der Waals surface area contributed by atoms with Crippen molar-refractivity contribution >= 4 is 41.3 Å². The maximum absolute atomic E-state index is 11.1. The molecule has 0 bridgehead atoms. The van der Waals surface area contributed by atoms with Gasteiger partial charge in [-0.3, -0.25) is 4.57 Å². The van der Waals surface area contributed by atoms with Crippen molar-refractivity contribution in [1.82, 2.24) is 4.98 Å². The maximum atomic E-state index is 11.1. The minimum atomic E-state index is -4.40. The lowest BCUT2D eigenvalue weighted by molar-refractivity contribution is 0.377. The zero-order chi connectivity index (χ0) is 15.1. The van der Waals surface area contributed by atoms with Crippen LogP contribution in [-0.4, -0.2) is 19.5 Å². The predicted molar refractivity (Wildman–Crippen MR) is 81.5 cm³/mol. The SMILES string of the molecule is CC(C)(C)Sc1sc(N)nc1-c1ccc(P(=O)(O)O)o1. The van der Waals surface area contributed by atoms with E-state index in [0.717, 1.165) is 4.21 Å². The quantitative estimate of drug-likeness (QED) is 0.584. The van der Waals surface area contributed by atoms with Crippen molar-refractivity contribution in [2.75, 3.05) is 5.73 Å². The van der Waals surface area contributed by atoms with E-state index in [1.807, 2.05) is 0 Å². The lowest BCUT2D eigenvalue weighted by atomic mass is 10.3. The molecule has 6 nitrogen and oxygen atoms in total. The molecule has 0 radical (unpaired) electrons. The molecular formula is C11H15N2O4PS2. The van der Waals surface area contributed by atoms with Gasteiger partial charge in [0.25, 0.3) is 0 Å². The molecule has 2 rings (SSSR count). The molecule has 2 aromatic heterocycles. The minimum Gasteiger partial charge on any atom is -0.446 e. The highest BCUT2D eigenvalue weighted by molar-refractivity contribution is 8.02. The topological polar surface area (TPSA) is 110 Å². The summed E-state index contributed by atoms with van der Waals surface area (Å²) >= 11 is 2.91. The van der Waals surface area contributed by atoms with Gasteiger partial charge in [0, 0.05) is 4.75 Å². The molecule has 0 saturated carbocycles. The third kappa shape index (κ3) is 3.65. The molecule has 0 atom stereocenters. The Kier molecular flexibility index (Phi) is 4.05. The highest BCUT2D eigenvalue weighted by Gasteiger charge is 2.25. The third-order valence-electron chi connectivity index (χ3n) is 2.12. The second kappa shape index (κ2) is 5.20. The average Bonchev–Trinajstić information content (AvgIpc) is 2.81. The van der Waals surface area contributed by atoms with Crippen LogP contribution in [0.5, 0.6) is 0 Å². The molecule has 2 heterocycles. The van der Waals surface area contributed by atoms with Crippen molar-refractivity contribution in [3.8, 4) is 11.5 Å². The van der Waals surface area contributed by atoms with E-state index < -0.39 is 7.60 Å². The van der Waals surface area contributed by atoms with Gasteiger partial charge in [-0.15, -0.1) is 11.8 Å². The Labute approximate surface area is 124 Å². The fourth-order valence-electron chi connectivity index (χ4n) is 1.44. The lowest BCUT2D eigenvalue weighted by Gasteiger charge is -2.16. The molecule has 0 aliphatic heterocycles. The van der Waals surface area contributed by atoms with Gasteiger partial charge >= 0.3 is 7.60 Å². The van der Waals surface area contributed by atoms with Crippen LogP contribution in [0.25, 0.3) is 11.5 Å². The Morgan fingerprint density at radius 3 is 2.55 bits per heavy atom. The summed E-state index contributed by atoms with van der Waals surface area (Å²) in [6.45, 7) is 6.17. The number of nitrogen functional groups attached to an aromatic ring is 1. The van der Waals surface area contributed by atoms with E-state index >= 15 is 0 Å². The molecule has 0 saturated heterocycles. The molecule has 0 fully saturated rings. The maximum Gasteiger partial charge on any atom is 0.391 e. The largest absolute Gasteiger partial charge is 0.446 e. The van der Waals surface area contributed by atoms with Gasteiger partial charge in [0.2, 0.25) is 5.50 Å². The number of furan rings is 1. The van der Waals surface area contributed by atoms with E-state index in [1.165, 1.54) is 23.5 Å². The van der Waals surface area contributed by atoms with Gasteiger partial charge in [0.05, 0.1) is 4.21 Å². The van der Waals surface area contributed by atoms with Gasteiger partial charge in [0.15, 0.2) is 10.9 Å². The van der Waals surface area contributed by atoms with E-state index in [4.69, 9.17) is 19.9 Å². The Morgan fingerprint density at radius 2 is 2.05 bits per heavy atom. The van der Waals surface area contributed by atoms with Crippen LogP contribution in [0.1, 0.15) is 20.8 Å². The normalized spacial score (nSPS) is 12.8. The number of nitrogens with two attached hydrogens (primary N) is 1. The molecule has 9 heteroatoms. The summed E-state index contributed by atoms with van der Waals surface area (Å²) in [5.74, 6) is 0.308. The monoisotopic (exact) mass is 334 g/mol. The van der Waals surface area contributed by atoms with Crippen molar-refractivity contribution in [1.29, 1.82) is 0 Å². The molecule has 0 spiro atoms. The number of anilines is 1. The first-order valence-electron chi connectivity index (χ1n) is 5.68. The van der Waals surface area contributed by atoms with E-state index in [2.05, 4.69) is 25.8 Å². The molecule has 0 aliphatic carbocycles. The molecule has 0 amide bonds. The molecule has 0 aliphatic rings. The van der Waals surface area contributed by atoms with E-state index in [1.54, 1.807) is 11.8 Å². The standard InChI is InChI=1S/C11H15N2O4PS2/c1-11(2,3)20-9-8(13-10(12)19-9)6-4-5-7(17-6)18(14,15)16/h4-5H,1-3H3,(H2,12,13)(H2,14,15,16). The van der Waals surface area contributed by atoms with Crippen molar-refractivity contribution in [3.05, 3.63) is 12.1 Å². The molecule has 110 valence electrons. The molecular weight excluding hydrogens is 319 g/mol. The summed E-state index contributed by atoms with van der Waals surface area (Å²) in [6.07, 6.45) is 0. The minimum absolute atomic E-state index is 0.0353. The number of thiazole rings is 1. The van der Waals surface area contributed by atoms with Crippen LogP contribution in [0.3, 0.4) is 0 Å². The number of hydrogen-bond donors (Lipinski definition) is 3. The summed E-state index contributed by atoms with van der Waals surface area (Å²) in [5, 5.41) is 0.390. The fourth-order valence-corrected chi connectivity index (χ4v) is 4.46. The zero-order valence-electron chi connectivity index (χ0n) is 11.2. The number of aromatic nitrogens is 1.